The first-order valence-corrected chi connectivity index (χ1v) is 10.8. The molecule has 1 aliphatic carbocycles. The molecule has 1 aliphatic rings. The first-order chi connectivity index (χ1) is 13.2. The SMILES string of the molecule is CCCCCOc1ccc(C#CC=CC2CCC(CCCC)CC2)c(F)c1. The van der Waals surface area contributed by atoms with Crippen molar-refractivity contribution in [3.63, 3.8) is 0 Å². The van der Waals surface area contributed by atoms with Gasteiger partial charge in [0.25, 0.3) is 0 Å². The van der Waals surface area contributed by atoms with Crippen molar-refractivity contribution in [2.75, 3.05) is 6.61 Å². The van der Waals surface area contributed by atoms with Gasteiger partial charge in [-0.2, -0.15) is 0 Å². The second-order valence-electron chi connectivity index (χ2n) is 7.75. The van der Waals surface area contributed by atoms with E-state index in [0.717, 1.165) is 25.2 Å². The summed E-state index contributed by atoms with van der Waals surface area (Å²) in [6.07, 6.45) is 16.7. The number of rotatable bonds is 9. The zero-order chi connectivity index (χ0) is 19.3. The van der Waals surface area contributed by atoms with Crippen molar-refractivity contribution in [3.05, 3.63) is 41.7 Å². The number of benzene rings is 1. The Morgan fingerprint density at radius 1 is 1.07 bits per heavy atom. The predicted molar refractivity (Wildman–Crippen MR) is 112 cm³/mol. The molecule has 0 amide bonds. The third kappa shape index (κ3) is 8.21. The van der Waals surface area contributed by atoms with Crippen molar-refractivity contribution >= 4 is 0 Å². The minimum absolute atomic E-state index is 0.305. The smallest absolute Gasteiger partial charge is 0.142 e. The van der Waals surface area contributed by atoms with Gasteiger partial charge >= 0.3 is 0 Å². The fourth-order valence-corrected chi connectivity index (χ4v) is 3.69. The lowest BCUT2D eigenvalue weighted by Crippen LogP contribution is -2.12. The average molecular weight is 371 g/mol. The molecule has 0 heterocycles. The van der Waals surface area contributed by atoms with E-state index in [9.17, 15) is 4.39 Å². The number of hydrogen-bond donors (Lipinski definition) is 0. The highest BCUT2D eigenvalue weighted by atomic mass is 19.1. The molecular formula is C25H35FO. The Balaban J connectivity index is 1.77. The van der Waals surface area contributed by atoms with E-state index in [0.29, 0.717) is 23.8 Å². The Labute approximate surface area is 165 Å². The molecule has 0 aliphatic heterocycles. The van der Waals surface area contributed by atoms with Gasteiger partial charge in [0.05, 0.1) is 12.2 Å². The van der Waals surface area contributed by atoms with Crippen LogP contribution in [0.3, 0.4) is 0 Å². The fraction of sp³-hybridized carbons (Fsp3) is 0.600. The van der Waals surface area contributed by atoms with Crippen molar-refractivity contribution in [2.45, 2.75) is 78.1 Å². The predicted octanol–water partition coefficient (Wildman–Crippen LogP) is 7.30. The molecule has 27 heavy (non-hydrogen) atoms. The zero-order valence-corrected chi connectivity index (χ0v) is 17.1. The van der Waals surface area contributed by atoms with Crippen LogP contribution in [-0.2, 0) is 0 Å². The summed E-state index contributed by atoms with van der Waals surface area (Å²) in [5, 5.41) is 0. The Kier molecular flexibility index (Phi) is 10.1. The molecule has 0 bridgehead atoms. The second-order valence-corrected chi connectivity index (χ2v) is 7.75. The molecule has 0 aromatic heterocycles. The van der Waals surface area contributed by atoms with Crippen LogP contribution >= 0.6 is 0 Å². The molecule has 2 heteroatoms. The average Bonchev–Trinajstić information content (AvgIpc) is 2.69. The van der Waals surface area contributed by atoms with Gasteiger partial charge in [0.2, 0.25) is 0 Å². The molecule has 0 N–H and O–H groups in total. The van der Waals surface area contributed by atoms with E-state index >= 15 is 0 Å². The molecule has 1 aromatic carbocycles. The molecule has 1 saturated carbocycles. The number of hydrogen-bond acceptors (Lipinski definition) is 1. The molecule has 0 saturated heterocycles. The van der Waals surface area contributed by atoms with E-state index in [1.165, 1.54) is 51.0 Å². The maximum Gasteiger partial charge on any atom is 0.142 e. The number of halogens is 1. The minimum atomic E-state index is -0.305. The van der Waals surface area contributed by atoms with Crippen LogP contribution in [-0.4, -0.2) is 6.61 Å². The van der Waals surface area contributed by atoms with E-state index < -0.39 is 0 Å². The summed E-state index contributed by atoms with van der Waals surface area (Å²) in [7, 11) is 0. The summed E-state index contributed by atoms with van der Waals surface area (Å²) >= 11 is 0. The van der Waals surface area contributed by atoms with E-state index in [2.05, 4.69) is 31.8 Å². The van der Waals surface area contributed by atoms with Gasteiger partial charge in [-0.25, -0.2) is 4.39 Å². The third-order valence-corrected chi connectivity index (χ3v) is 5.47. The summed E-state index contributed by atoms with van der Waals surface area (Å²) in [5.74, 6) is 7.78. The van der Waals surface area contributed by atoms with Gasteiger partial charge in [0.1, 0.15) is 11.6 Å². The highest BCUT2D eigenvalue weighted by molar-refractivity contribution is 5.41. The largest absolute Gasteiger partial charge is 0.493 e. The van der Waals surface area contributed by atoms with Gasteiger partial charge in [-0.3, -0.25) is 0 Å². The van der Waals surface area contributed by atoms with E-state index in [1.54, 1.807) is 12.1 Å². The fourth-order valence-electron chi connectivity index (χ4n) is 3.69. The number of allylic oxidation sites excluding steroid dienone is 2. The van der Waals surface area contributed by atoms with Crippen molar-refractivity contribution in [1.82, 2.24) is 0 Å². The molecule has 0 unspecified atom stereocenters. The summed E-state index contributed by atoms with van der Waals surface area (Å²) in [6.45, 7) is 5.06. The van der Waals surface area contributed by atoms with Crippen LogP contribution in [0.4, 0.5) is 4.39 Å². The van der Waals surface area contributed by atoms with Crippen molar-refractivity contribution in [1.29, 1.82) is 0 Å². The standard InChI is InChI=1S/C25H35FO/c1-3-5-9-19-27-24-18-17-23(25(26)20-24)12-8-7-11-22-15-13-21(14-16-22)10-6-4-2/h7,11,17-18,20-22H,3-6,9-10,13-16,19H2,1-2H3. The summed E-state index contributed by atoms with van der Waals surface area (Å²) in [6, 6.07) is 4.96. The van der Waals surface area contributed by atoms with Crippen LogP contribution in [0.5, 0.6) is 5.75 Å². The number of unbranched alkanes of at least 4 members (excludes halogenated alkanes) is 3. The Morgan fingerprint density at radius 2 is 1.85 bits per heavy atom. The van der Waals surface area contributed by atoms with Gasteiger partial charge < -0.3 is 4.74 Å². The molecule has 0 atom stereocenters. The van der Waals surface area contributed by atoms with Crippen LogP contribution in [0.25, 0.3) is 0 Å². The molecule has 1 aromatic rings. The van der Waals surface area contributed by atoms with Crippen molar-refractivity contribution < 1.29 is 9.13 Å². The highest BCUT2D eigenvalue weighted by Gasteiger charge is 2.18. The normalized spacial score (nSPS) is 19.7. The molecule has 2 rings (SSSR count). The van der Waals surface area contributed by atoms with E-state index in [-0.39, 0.29) is 5.82 Å². The lowest BCUT2D eigenvalue weighted by atomic mass is 9.80. The van der Waals surface area contributed by atoms with Gasteiger partial charge in [0.15, 0.2) is 0 Å². The first kappa shape index (κ1) is 21.5. The van der Waals surface area contributed by atoms with E-state index in [4.69, 9.17) is 4.74 Å². The third-order valence-electron chi connectivity index (χ3n) is 5.47. The van der Waals surface area contributed by atoms with Crippen LogP contribution in [0.2, 0.25) is 0 Å². The lowest BCUT2D eigenvalue weighted by Gasteiger charge is -2.26. The monoisotopic (exact) mass is 370 g/mol. The summed E-state index contributed by atoms with van der Waals surface area (Å²) in [5.41, 5.74) is 0.434. The van der Waals surface area contributed by atoms with Crippen LogP contribution < -0.4 is 4.74 Å². The zero-order valence-electron chi connectivity index (χ0n) is 17.1. The topological polar surface area (TPSA) is 9.23 Å². The van der Waals surface area contributed by atoms with Gasteiger partial charge in [-0.05, 0) is 62.1 Å². The number of ether oxygens (including phenoxy) is 1. The Bertz CT molecular complexity index is 629. The second kappa shape index (κ2) is 12.6. The van der Waals surface area contributed by atoms with Crippen molar-refractivity contribution in [2.24, 2.45) is 11.8 Å². The minimum Gasteiger partial charge on any atom is -0.493 e. The van der Waals surface area contributed by atoms with Gasteiger partial charge in [0, 0.05) is 6.07 Å². The van der Waals surface area contributed by atoms with Crippen LogP contribution in [0.15, 0.2) is 30.4 Å². The quantitative estimate of drug-likeness (QED) is 0.327. The maximum atomic E-state index is 14.1. The lowest BCUT2D eigenvalue weighted by molar-refractivity contribution is 0.291. The molecule has 1 fully saturated rings. The Hall–Kier alpha value is -1.75. The molecular weight excluding hydrogens is 335 g/mol. The molecule has 0 spiro atoms. The summed E-state index contributed by atoms with van der Waals surface area (Å²) in [4.78, 5) is 0. The molecule has 148 valence electrons. The van der Waals surface area contributed by atoms with E-state index in [1.807, 2.05) is 6.08 Å². The molecule has 1 nitrogen and oxygen atoms in total. The molecule has 0 radical (unpaired) electrons. The van der Waals surface area contributed by atoms with Gasteiger partial charge in [-0.15, -0.1) is 0 Å². The summed E-state index contributed by atoms with van der Waals surface area (Å²) < 4.78 is 19.7. The maximum absolute atomic E-state index is 14.1. The van der Waals surface area contributed by atoms with Crippen LogP contribution in [0.1, 0.15) is 83.6 Å². The highest BCUT2D eigenvalue weighted by Crippen LogP contribution is 2.32. The first-order valence-electron chi connectivity index (χ1n) is 10.8. The Morgan fingerprint density at radius 3 is 2.56 bits per heavy atom. The van der Waals surface area contributed by atoms with Gasteiger partial charge in [-0.1, -0.05) is 63.9 Å². The van der Waals surface area contributed by atoms with Crippen molar-refractivity contribution in [3.8, 4) is 17.6 Å². The van der Waals surface area contributed by atoms with Crippen LogP contribution in [0, 0.1) is 29.5 Å².